The lowest BCUT2D eigenvalue weighted by Crippen LogP contribution is -1.79. The summed E-state index contributed by atoms with van der Waals surface area (Å²) in [5, 5.41) is 0.270. The number of H-pyrrole nitrogens is 1. The fourth-order valence-electron chi connectivity index (χ4n) is 1.67. The molecule has 0 atom stereocenters. The van der Waals surface area contributed by atoms with Gasteiger partial charge in [0.05, 0.1) is 17.2 Å². The van der Waals surface area contributed by atoms with E-state index in [9.17, 15) is 0 Å². The van der Waals surface area contributed by atoms with E-state index in [1.165, 1.54) is 0 Å². The topological polar surface area (TPSA) is 41.6 Å². The standard InChI is InChI=1S/C12H8ClN3/c13-12-14-7-11-10(16-12)6-9(15-11)8-4-2-1-3-5-8/h1-7,15H. The van der Waals surface area contributed by atoms with Gasteiger partial charge >= 0.3 is 0 Å². The molecule has 0 radical (unpaired) electrons. The number of benzene rings is 1. The Morgan fingerprint density at radius 2 is 1.94 bits per heavy atom. The Labute approximate surface area is 97.1 Å². The third-order valence-corrected chi connectivity index (χ3v) is 2.61. The number of nitrogens with one attached hydrogen (secondary N) is 1. The number of hydrogen-bond acceptors (Lipinski definition) is 2. The van der Waals surface area contributed by atoms with E-state index < -0.39 is 0 Å². The number of rotatable bonds is 1. The molecule has 16 heavy (non-hydrogen) atoms. The van der Waals surface area contributed by atoms with Crippen LogP contribution in [-0.2, 0) is 0 Å². The van der Waals surface area contributed by atoms with Crippen molar-refractivity contribution in [2.45, 2.75) is 0 Å². The summed E-state index contributed by atoms with van der Waals surface area (Å²) in [7, 11) is 0. The van der Waals surface area contributed by atoms with E-state index in [1.54, 1.807) is 6.20 Å². The molecule has 3 nitrogen and oxygen atoms in total. The van der Waals surface area contributed by atoms with Gasteiger partial charge in [0.1, 0.15) is 0 Å². The average Bonchev–Trinajstić information content (AvgIpc) is 2.73. The molecule has 4 heteroatoms. The molecule has 0 unspecified atom stereocenters. The summed E-state index contributed by atoms with van der Waals surface area (Å²) in [5.41, 5.74) is 3.87. The molecule has 2 aromatic heterocycles. The number of halogens is 1. The maximum atomic E-state index is 5.74. The highest BCUT2D eigenvalue weighted by molar-refractivity contribution is 6.28. The Bertz CT molecular complexity index is 631. The van der Waals surface area contributed by atoms with Gasteiger partial charge in [0, 0.05) is 5.69 Å². The number of fused-ring (bicyclic) bond motifs is 1. The fraction of sp³-hybridized carbons (Fsp3) is 0. The number of hydrogen-bond donors (Lipinski definition) is 1. The molecule has 0 spiro atoms. The molecule has 1 N–H and O–H groups in total. The lowest BCUT2D eigenvalue weighted by atomic mass is 10.2. The van der Waals surface area contributed by atoms with Crippen LogP contribution in [0.1, 0.15) is 0 Å². The summed E-state index contributed by atoms with van der Waals surface area (Å²) < 4.78 is 0. The van der Waals surface area contributed by atoms with Crippen LogP contribution in [0.2, 0.25) is 5.28 Å². The van der Waals surface area contributed by atoms with Gasteiger partial charge in [-0.2, -0.15) is 0 Å². The number of nitrogens with zero attached hydrogens (tertiary/aromatic N) is 2. The molecule has 1 aromatic carbocycles. The van der Waals surface area contributed by atoms with Crippen LogP contribution in [0.5, 0.6) is 0 Å². The van der Waals surface area contributed by atoms with Gasteiger partial charge in [0.2, 0.25) is 5.28 Å². The van der Waals surface area contributed by atoms with Crippen LogP contribution < -0.4 is 0 Å². The van der Waals surface area contributed by atoms with Crippen LogP contribution in [0.15, 0.2) is 42.6 Å². The van der Waals surface area contributed by atoms with Crippen molar-refractivity contribution >= 4 is 22.6 Å². The Morgan fingerprint density at radius 3 is 2.75 bits per heavy atom. The van der Waals surface area contributed by atoms with Gasteiger partial charge in [-0.1, -0.05) is 30.3 Å². The molecule has 2 heterocycles. The summed E-state index contributed by atoms with van der Waals surface area (Å²) in [6.45, 7) is 0. The van der Waals surface area contributed by atoms with E-state index in [1.807, 2.05) is 36.4 Å². The first-order valence-corrected chi connectivity index (χ1v) is 5.27. The van der Waals surface area contributed by atoms with Crippen molar-refractivity contribution in [2.24, 2.45) is 0 Å². The summed E-state index contributed by atoms with van der Waals surface area (Å²) in [5.74, 6) is 0. The predicted molar refractivity (Wildman–Crippen MR) is 64.3 cm³/mol. The molecule has 0 aliphatic heterocycles. The predicted octanol–water partition coefficient (Wildman–Crippen LogP) is 3.28. The lowest BCUT2D eigenvalue weighted by molar-refractivity contribution is 1.22. The Kier molecular flexibility index (Phi) is 2.11. The van der Waals surface area contributed by atoms with Crippen LogP contribution >= 0.6 is 11.6 Å². The van der Waals surface area contributed by atoms with Crippen LogP contribution in [0, 0.1) is 0 Å². The van der Waals surface area contributed by atoms with Crippen molar-refractivity contribution in [3.8, 4) is 11.3 Å². The number of aromatic nitrogens is 3. The van der Waals surface area contributed by atoms with Gasteiger partial charge in [-0.05, 0) is 23.2 Å². The second-order valence-electron chi connectivity index (χ2n) is 3.49. The Balaban J connectivity index is 2.19. The normalized spacial score (nSPS) is 10.8. The van der Waals surface area contributed by atoms with Crippen LogP contribution in [0.3, 0.4) is 0 Å². The van der Waals surface area contributed by atoms with E-state index >= 15 is 0 Å². The maximum Gasteiger partial charge on any atom is 0.223 e. The van der Waals surface area contributed by atoms with Gasteiger partial charge in [-0.3, -0.25) is 0 Å². The van der Waals surface area contributed by atoms with E-state index in [4.69, 9.17) is 11.6 Å². The zero-order valence-corrected chi connectivity index (χ0v) is 9.07. The summed E-state index contributed by atoms with van der Waals surface area (Å²) in [4.78, 5) is 11.3. The second-order valence-corrected chi connectivity index (χ2v) is 3.83. The molecule has 0 saturated carbocycles. The first-order chi connectivity index (χ1) is 7.83. The molecule has 3 aromatic rings. The molecule has 0 bridgehead atoms. The molecular formula is C12H8ClN3. The lowest BCUT2D eigenvalue weighted by Gasteiger charge is -1.94. The van der Waals surface area contributed by atoms with Crippen LogP contribution in [0.25, 0.3) is 22.3 Å². The van der Waals surface area contributed by atoms with Crippen molar-refractivity contribution < 1.29 is 0 Å². The summed E-state index contributed by atoms with van der Waals surface area (Å²) in [6, 6.07) is 12.0. The van der Waals surface area contributed by atoms with Crippen LogP contribution in [0.4, 0.5) is 0 Å². The van der Waals surface area contributed by atoms with Crippen molar-refractivity contribution in [1.82, 2.24) is 15.0 Å². The zero-order chi connectivity index (χ0) is 11.0. The van der Waals surface area contributed by atoms with Crippen molar-refractivity contribution in [3.63, 3.8) is 0 Å². The minimum Gasteiger partial charge on any atom is -0.352 e. The van der Waals surface area contributed by atoms with E-state index in [2.05, 4.69) is 15.0 Å². The molecule has 3 rings (SSSR count). The molecular weight excluding hydrogens is 222 g/mol. The van der Waals surface area contributed by atoms with Gasteiger partial charge < -0.3 is 4.98 Å². The van der Waals surface area contributed by atoms with Gasteiger partial charge in [-0.15, -0.1) is 0 Å². The molecule has 0 aliphatic rings. The average molecular weight is 230 g/mol. The van der Waals surface area contributed by atoms with Gasteiger partial charge in [-0.25, -0.2) is 9.97 Å². The molecule has 0 saturated heterocycles. The van der Waals surface area contributed by atoms with E-state index in [-0.39, 0.29) is 5.28 Å². The highest BCUT2D eigenvalue weighted by atomic mass is 35.5. The third kappa shape index (κ3) is 1.55. The minimum absolute atomic E-state index is 0.270. The van der Waals surface area contributed by atoms with Crippen LogP contribution in [-0.4, -0.2) is 15.0 Å². The Morgan fingerprint density at radius 1 is 1.12 bits per heavy atom. The number of aromatic amines is 1. The smallest absolute Gasteiger partial charge is 0.223 e. The van der Waals surface area contributed by atoms with Gasteiger partial charge in [0.25, 0.3) is 0 Å². The van der Waals surface area contributed by atoms with Crippen molar-refractivity contribution in [1.29, 1.82) is 0 Å². The van der Waals surface area contributed by atoms with Gasteiger partial charge in [0.15, 0.2) is 0 Å². The zero-order valence-electron chi connectivity index (χ0n) is 8.31. The molecule has 0 aliphatic carbocycles. The Hall–Kier alpha value is -1.87. The van der Waals surface area contributed by atoms with Crippen molar-refractivity contribution in [3.05, 3.63) is 47.9 Å². The van der Waals surface area contributed by atoms with E-state index in [0.29, 0.717) is 0 Å². The molecule has 0 fully saturated rings. The fourth-order valence-corrected chi connectivity index (χ4v) is 1.81. The second kappa shape index (κ2) is 3.61. The largest absolute Gasteiger partial charge is 0.352 e. The molecule has 78 valence electrons. The minimum atomic E-state index is 0.270. The summed E-state index contributed by atoms with van der Waals surface area (Å²) >= 11 is 5.74. The summed E-state index contributed by atoms with van der Waals surface area (Å²) in [6.07, 6.45) is 1.69. The van der Waals surface area contributed by atoms with Crippen molar-refractivity contribution in [2.75, 3.05) is 0 Å². The maximum absolute atomic E-state index is 5.74. The highest BCUT2D eigenvalue weighted by Gasteiger charge is 2.04. The molecule has 0 amide bonds. The SMILES string of the molecule is Clc1ncc2[nH]c(-c3ccccc3)cc2n1. The monoisotopic (exact) mass is 229 g/mol. The first kappa shape index (κ1) is 9.36. The first-order valence-electron chi connectivity index (χ1n) is 4.89. The van der Waals surface area contributed by atoms with E-state index in [0.717, 1.165) is 22.3 Å². The third-order valence-electron chi connectivity index (χ3n) is 2.42. The quantitative estimate of drug-likeness (QED) is 0.651. The highest BCUT2D eigenvalue weighted by Crippen LogP contribution is 2.22.